The first-order valence-electron chi connectivity index (χ1n) is 7.09. The van der Waals surface area contributed by atoms with E-state index >= 15 is 0 Å². The van der Waals surface area contributed by atoms with E-state index in [1.165, 1.54) is 23.5 Å². The molecule has 2 rings (SSSR count). The summed E-state index contributed by atoms with van der Waals surface area (Å²) in [7, 11) is -3.71. The Hall–Kier alpha value is -1.84. The molecular formula is C14H18N4O3S2. The molecule has 0 aliphatic rings. The van der Waals surface area contributed by atoms with E-state index in [1.807, 2.05) is 13.8 Å². The van der Waals surface area contributed by atoms with Gasteiger partial charge >= 0.3 is 0 Å². The second kappa shape index (κ2) is 7.62. The maximum atomic E-state index is 12.1. The third kappa shape index (κ3) is 5.08. The van der Waals surface area contributed by atoms with Gasteiger partial charge in [0, 0.05) is 6.42 Å². The number of carbonyl (C=O) groups is 1. The minimum absolute atomic E-state index is 0.122. The summed E-state index contributed by atoms with van der Waals surface area (Å²) in [5, 5.41) is 11.5. The summed E-state index contributed by atoms with van der Waals surface area (Å²) < 4.78 is 26.4. The van der Waals surface area contributed by atoms with Gasteiger partial charge in [0.2, 0.25) is 21.1 Å². The zero-order valence-corrected chi connectivity index (χ0v) is 14.5. The van der Waals surface area contributed by atoms with Gasteiger partial charge < -0.3 is 0 Å². The van der Waals surface area contributed by atoms with Gasteiger partial charge in [-0.15, -0.1) is 10.2 Å². The summed E-state index contributed by atoms with van der Waals surface area (Å²) in [5.74, 6) is -0.486. The summed E-state index contributed by atoms with van der Waals surface area (Å²) in [6, 6.07) is 6.39. The Morgan fingerprint density at radius 1 is 1.22 bits per heavy atom. The average molecular weight is 354 g/mol. The molecule has 0 unspecified atom stereocenters. The lowest BCUT2D eigenvalue weighted by Crippen LogP contribution is -2.32. The minimum atomic E-state index is -3.71. The summed E-state index contributed by atoms with van der Waals surface area (Å²) >= 11 is 1.29. The fourth-order valence-corrected chi connectivity index (χ4v) is 3.58. The number of aromatic nitrogens is 2. The molecule has 0 bridgehead atoms. The van der Waals surface area contributed by atoms with E-state index < -0.39 is 15.9 Å². The van der Waals surface area contributed by atoms with Crippen molar-refractivity contribution >= 4 is 32.4 Å². The number of anilines is 1. The molecule has 0 spiro atoms. The van der Waals surface area contributed by atoms with Gasteiger partial charge in [0.1, 0.15) is 5.01 Å². The predicted molar refractivity (Wildman–Crippen MR) is 88.9 cm³/mol. The number of nitrogens with one attached hydrogen (secondary N) is 2. The van der Waals surface area contributed by atoms with Crippen molar-refractivity contribution in [1.82, 2.24) is 14.9 Å². The van der Waals surface area contributed by atoms with Crippen LogP contribution in [0.15, 0.2) is 29.2 Å². The number of sulfonamides is 1. The van der Waals surface area contributed by atoms with Gasteiger partial charge in [-0.3, -0.25) is 10.1 Å². The third-order valence-electron chi connectivity index (χ3n) is 2.93. The molecule has 7 nitrogen and oxygen atoms in total. The quantitative estimate of drug-likeness (QED) is 0.788. The standard InChI is InChI=1S/C14H18N4O3S2/c1-3-4-13-17-18-14(22-13)16-12(19)9-15-23(20,21)11-7-5-10(2)6-8-11/h5-8,15H,3-4,9H2,1-2H3,(H,16,18,19). The number of aryl methyl sites for hydroxylation is 2. The highest BCUT2D eigenvalue weighted by molar-refractivity contribution is 7.89. The molecule has 0 saturated heterocycles. The molecule has 0 fully saturated rings. The molecule has 1 aromatic carbocycles. The van der Waals surface area contributed by atoms with Gasteiger partial charge in [-0.2, -0.15) is 0 Å². The van der Waals surface area contributed by atoms with Crippen molar-refractivity contribution in [3.8, 4) is 0 Å². The Balaban J connectivity index is 1.91. The Labute approximate surface area is 139 Å². The first-order chi connectivity index (χ1) is 10.9. The fourth-order valence-electron chi connectivity index (χ4n) is 1.74. The number of nitrogens with zero attached hydrogens (tertiary/aromatic N) is 2. The van der Waals surface area contributed by atoms with Gasteiger partial charge in [0.15, 0.2) is 0 Å². The molecule has 1 amide bonds. The van der Waals surface area contributed by atoms with Crippen LogP contribution in [0, 0.1) is 6.92 Å². The van der Waals surface area contributed by atoms with Crippen LogP contribution in [0.3, 0.4) is 0 Å². The molecule has 0 radical (unpaired) electrons. The second-order valence-electron chi connectivity index (χ2n) is 4.94. The molecule has 0 aliphatic heterocycles. The molecule has 1 aromatic heterocycles. The fraction of sp³-hybridized carbons (Fsp3) is 0.357. The molecule has 23 heavy (non-hydrogen) atoms. The molecule has 2 aromatic rings. The Kier molecular flexibility index (Phi) is 5.80. The zero-order valence-electron chi connectivity index (χ0n) is 12.9. The van der Waals surface area contributed by atoms with E-state index in [9.17, 15) is 13.2 Å². The third-order valence-corrected chi connectivity index (χ3v) is 5.25. The highest BCUT2D eigenvalue weighted by atomic mass is 32.2. The summed E-state index contributed by atoms with van der Waals surface area (Å²) in [4.78, 5) is 11.9. The zero-order chi connectivity index (χ0) is 16.9. The molecule has 0 saturated carbocycles. The molecule has 1 heterocycles. The smallest absolute Gasteiger partial charge is 0.241 e. The highest BCUT2D eigenvalue weighted by Gasteiger charge is 2.16. The van der Waals surface area contributed by atoms with Crippen LogP contribution in [0.5, 0.6) is 0 Å². The molecule has 0 aliphatic carbocycles. The summed E-state index contributed by atoms with van der Waals surface area (Å²) in [5.41, 5.74) is 0.959. The Morgan fingerprint density at radius 2 is 1.91 bits per heavy atom. The van der Waals surface area contributed by atoms with Crippen LogP contribution < -0.4 is 10.0 Å². The van der Waals surface area contributed by atoms with Crippen LogP contribution in [0.1, 0.15) is 23.9 Å². The average Bonchev–Trinajstić information content (AvgIpc) is 2.93. The van der Waals surface area contributed by atoms with Gasteiger partial charge in [-0.25, -0.2) is 13.1 Å². The lowest BCUT2D eigenvalue weighted by molar-refractivity contribution is -0.115. The molecule has 0 atom stereocenters. The van der Waals surface area contributed by atoms with Crippen molar-refractivity contribution in [3.05, 3.63) is 34.8 Å². The normalized spacial score (nSPS) is 11.4. The largest absolute Gasteiger partial charge is 0.299 e. The SMILES string of the molecule is CCCc1nnc(NC(=O)CNS(=O)(=O)c2ccc(C)cc2)s1. The number of hydrogen-bond donors (Lipinski definition) is 2. The van der Waals surface area contributed by atoms with Crippen LogP contribution in [-0.4, -0.2) is 31.1 Å². The van der Waals surface area contributed by atoms with Gasteiger partial charge in [-0.1, -0.05) is 36.0 Å². The monoisotopic (exact) mass is 354 g/mol. The van der Waals surface area contributed by atoms with E-state index in [0.717, 1.165) is 23.4 Å². The van der Waals surface area contributed by atoms with Crippen molar-refractivity contribution < 1.29 is 13.2 Å². The van der Waals surface area contributed by atoms with Gasteiger partial charge in [0.25, 0.3) is 0 Å². The van der Waals surface area contributed by atoms with Crippen LogP contribution in [0.25, 0.3) is 0 Å². The van der Waals surface area contributed by atoms with E-state index in [-0.39, 0.29) is 11.4 Å². The van der Waals surface area contributed by atoms with Crippen LogP contribution >= 0.6 is 11.3 Å². The molecular weight excluding hydrogens is 336 g/mol. The number of carbonyl (C=O) groups excluding carboxylic acids is 1. The molecule has 124 valence electrons. The number of amides is 1. The Morgan fingerprint density at radius 3 is 2.57 bits per heavy atom. The minimum Gasteiger partial charge on any atom is -0.299 e. The van der Waals surface area contributed by atoms with Crippen molar-refractivity contribution in [1.29, 1.82) is 0 Å². The molecule has 9 heteroatoms. The number of hydrogen-bond acceptors (Lipinski definition) is 6. The molecule has 2 N–H and O–H groups in total. The van der Waals surface area contributed by atoms with Crippen molar-refractivity contribution in [3.63, 3.8) is 0 Å². The second-order valence-corrected chi connectivity index (χ2v) is 7.77. The van der Waals surface area contributed by atoms with E-state index in [1.54, 1.807) is 12.1 Å². The summed E-state index contributed by atoms with van der Waals surface area (Å²) in [6.07, 6.45) is 1.74. The summed E-state index contributed by atoms with van der Waals surface area (Å²) in [6.45, 7) is 3.53. The van der Waals surface area contributed by atoms with Crippen LogP contribution in [-0.2, 0) is 21.2 Å². The van der Waals surface area contributed by atoms with E-state index in [0.29, 0.717) is 5.13 Å². The van der Waals surface area contributed by atoms with Crippen LogP contribution in [0.4, 0.5) is 5.13 Å². The van der Waals surface area contributed by atoms with Gasteiger partial charge in [0.05, 0.1) is 11.4 Å². The highest BCUT2D eigenvalue weighted by Crippen LogP contribution is 2.16. The first kappa shape index (κ1) is 17.5. The van der Waals surface area contributed by atoms with Crippen molar-refractivity contribution in [2.45, 2.75) is 31.6 Å². The predicted octanol–water partition coefficient (Wildman–Crippen LogP) is 1.72. The number of rotatable bonds is 7. The topological polar surface area (TPSA) is 101 Å². The first-order valence-corrected chi connectivity index (χ1v) is 9.39. The van der Waals surface area contributed by atoms with Crippen molar-refractivity contribution in [2.24, 2.45) is 0 Å². The Bertz CT molecular complexity index is 770. The van der Waals surface area contributed by atoms with E-state index in [4.69, 9.17) is 0 Å². The maximum Gasteiger partial charge on any atom is 0.241 e. The maximum absolute atomic E-state index is 12.1. The lowest BCUT2D eigenvalue weighted by Gasteiger charge is -2.06. The number of benzene rings is 1. The van der Waals surface area contributed by atoms with Gasteiger partial charge in [-0.05, 0) is 25.5 Å². The van der Waals surface area contributed by atoms with Crippen molar-refractivity contribution in [2.75, 3.05) is 11.9 Å². The van der Waals surface area contributed by atoms with E-state index in [2.05, 4.69) is 20.2 Å². The lowest BCUT2D eigenvalue weighted by atomic mass is 10.2. The van der Waals surface area contributed by atoms with Crippen LogP contribution in [0.2, 0.25) is 0 Å².